The Morgan fingerprint density at radius 3 is 2.12 bits per heavy atom. The number of tetrazole rings is 1. The minimum atomic E-state index is -4.95. The zero-order valence-corrected chi connectivity index (χ0v) is 22.0. The summed E-state index contributed by atoms with van der Waals surface area (Å²) >= 11 is 0. The Morgan fingerprint density at radius 1 is 0.927 bits per heavy atom. The van der Waals surface area contributed by atoms with Gasteiger partial charge in [0.25, 0.3) is 5.95 Å². The summed E-state index contributed by atoms with van der Waals surface area (Å²) in [5.41, 5.74) is -0.571. The Morgan fingerprint density at radius 2 is 1.56 bits per heavy atom. The number of anilines is 2. The molecule has 0 unspecified atom stereocenters. The highest BCUT2D eigenvalue weighted by Gasteiger charge is 2.42. The first-order valence-corrected chi connectivity index (χ1v) is 13.4. The molecular weight excluding hydrogens is 548 g/mol. The predicted octanol–water partition coefficient (Wildman–Crippen LogP) is 6.60. The van der Waals surface area contributed by atoms with E-state index >= 15 is 0 Å². The average Bonchev–Trinajstić information content (AvgIpc) is 3.85. The van der Waals surface area contributed by atoms with Crippen molar-refractivity contribution in [1.82, 2.24) is 25.2 Å². The maximum Gasteiger partial charge on any atom is 0.416 e. The molecule has 2 aliphatic carbocycles. The summed E-state index contributed by atoms with van der Waals surface area (Å²) in [6.07, 6.45) is -3.60. The molecule has 0 saturated heterocycles. The smallest absolute Gasteiger partial charge is 0.381 e. The SMILES string of the molecule is Cn1nnc(N(Cc2cc(C(F)(F)F)cc(C(F)(F)F)c2)Cc2cnc3ccccc3c2NC(C2CC2)C2CC2)n1. The van der Waals surface area contributed by atoms with Gasteiger partial charge < -0.3 is 10.2 Å². The molecule has 0 spiro atoms. The van der Waals surface area contributed by atoms with Crippen LogP contribution in [0.1, 0.15) is 47.9 Å². The molecule has 2 fully saturated rings. The number of halogens is 6. The minimum Gasteiger partial charge on any atom is -0.381 e. The van der Waals surface area contributed by atoms with E-state index < -0.39 is 23.5 Å². The second kappa shape index (κ2) is 10.2. The van der Waals surface area contributed by atoms with Crippen molar-refractivity contribution in [3.63, 3.8) is 0 Å². The van der Waals surface area contributed by atoms with Gasteiger partial charge in [0.1, 0.15) is 0 Å². The first kappa shape index (κ1) is 27.3. The summed E-state index contributed by atoms with van der Waals surface area (Å²) in [5.74, 6) is 1.22. The van der Waals surface area contributed by atoms with E-state index in [-0.39, 0.29) is 30.7 Å². The van der Waals surface area contributed by atoms with Crippen molar-refractivity contribution in [2.75, 3.05) is 10.2 Å². The normalized spacial score (nSPS) is 16.0. The van der Waals surface area contributed by atoms with Crippen molar-refractivity contribution in [2.24, 2.45) is 18.9 Å². The lowest BCUT2D eigenvalue weighted by atomic mass is 10.0. The molecule has 0 radical (unpaired) electrons. The third kappa shape index (κ3) is 6.08. The zero-order chi connectivity index (χ0) is 28.9. The summed E-state index contributed by atoms with van der Waals surface area (Å²) in [7, 11) is 1.53. The molecule has 7 nitrogen and oxygen atoms in total. The monoisotopic (exact) mass is 575 g/mol. The van der Waals surface area contributed by atoms with Gasteiger partial charge in [-0.1, -0.05) is 23.3 Å². The van der Waals surface area contributed by atoms with Gasteiger partial charge in [0, 0.05) is 36.3 Å². The van der Waals surface area contributed by atoms with Gasteiger partial charge in [-0.15, -0.1) is 5.10 Å². The number of benzene rings is 2. The van der Waals surface area contributed by atoms with Gasteiger partial charge in [-0.25, -0.2) is 0 Å². The Hall–Kier alpha value is -3.90. The fourth-order valence-corrected chi connectivity index (χ4v) is 5.31. The van der Waals surface area contributed by atoms with Gasteiger partial charge in [-0.05, 0) is 72.6 Å². The van der Waals surface area contributed by atoms with Crippen molar-refractivity contribution in [2.45, 2.75) is 57.2 Å². The van der Waals surface area contributed by atoms with Gasteiger partial charge in [-0.2, -0.15) is 31.1 Å². The molecule has 0 amide bonds. The number of rotatable bonds is 9. The lowest BCUT2D eigenvalue weighted by Crippen LogP contribution is -2.28. The summed E-state index contributed by atoms with van der Waals surface area (Å²) in [4.78, 5) is 7.30. The summed E-state index contributed by atoms with van der Waals surface area (Å²) < 4.78 is 81.4. The van der Waals surface area contributed by atoms with E-state index in [0.29, 0.717) is 17.9 Å². The molecule has 0 aliphatic heterocycles. The molecule has 13 heteroatoms. The van der Waals surface area contributed by atoms with E-state index in [2.05, 4.69) is 25.7 Å². The predicted molar refractivity (Wildman–Crippen MR) is 140 cm³/mol. The Kier molecular flexibility index (Phi) is 6.77. The maximum atomic E-state index is 13.6. The molecule has 2 aromatic heterocycles. The molecule has 41 heavy (non-hydrogen) atoms. The van der Waals surface area contributed by atoms with E-state index in [1.165, 1.54) is 16.7 Å². The van der Waals surface area contributed by atoms with Crippen LogP contribution in [0.4, 0.5) is 38.0 Å². The number of alkyl halides is 6. The van der Waals surface area contributed by atoms with Crippen LogP contribution in [0.25, 0.3) is 10.9 Å². The molecule has 2 aliphatic rings. The van der Waals surface area contributed by atoms with Crippen molar-refractivity contribution in [3.05, 3.63) is 70.9 Å². The topological polar surface area (TPSA) is 71.8 Å². The first-order chi connectivity index (χ1) is 19.5. The lowest BCUT2D eigenvalue weighted by molar-refractivity contribution is -0.143. The van der Waals surface area contributed by atoms with Crippen LogP contribution in [0.3, 0.4) is 0 Å². The van der Waals surface area contributed by atoms with Crippen LogP contribution in [0.2, 0.25) is 0 Å². The second-order valence-corrected chi connectivity index (χ2v) is 10.9. The van der Waals surface area contributed by atoms with E-state index in [1.807, 2.05) is 24.3 Å². The number of nitrogens with one attached hydrogen (secondary N) is 1. The Bertz CT molecular complexity index is 1510. The van der Waals surface area contributed by atoms with Crippen LogP contribution < -0.4 is 10.2 Å². The van der Waals surface area contributed by atoms with E-state index in [0.717, 1.165) is 60.0 Å². The molecule has 0 bridgehead atoms. The highest BCUT2D eigenvalue weighted by molar-refractivity contribution is 5.93. The molecule has 0 atom stereocenters. The number of fused-ring (bicyclic) bond motifs is 1. The highest BCUT2D eigenvalue weighted by atomic mass is 19.4. The zero-order valence-electron chi connectivity index (χ0n) is 22.0. The standard InChI is InChI=1S/C28H27F6N7/c1-40-38-26(37-39-40)41(14-16-10-20(27(29,30)31)12-21(11-16)28(32,33)34)15-19-13-35-23-5-3-2-4-22(23)25(19)36-24(17-6-7-17)18-8-9-18/h2-5,10-13,17-18,24H,6-9,14-15H2,1H3,(H,35,36). The fraction of sp³-hybridized carbons (Fsp3) is 0.429. The van der Waals surface area contributed by atoms with Gasteiger partial charge in [0.2, 0.25) is 0 Å². The molecular formula is C28H27F6N7. The second-order valence-electron chi connectivity index (χ2n) is 10.9. The van der Waals surface area contributed by atoms with Crippen molar-refractivity contribution in [3.8, 4) is 0 Å². The molecule has 1 N–H and O–H groups in total. The van der Waals surface area contributed by atoms with E-state index in [4.69, 9.17) is 0 Å². The average molecular weight is 576 g/mol. The quantitative estimate of drug-likeness (QED) is 0.227. The third-order valence-corrected chi connectivity index (χ3v) is 7.59. The van der Waals surface area contributed by atoms with Crippen LogP contribution in [-0.4, -0.2) is 31.2 Å². The van der Waals surface area contributed by atoms with Gasteiger partial charge >= 0.3 is 12.4 Å². The Labute approximate surface area is 231 Å². The lowest BCUT2D eigenvalue weighted by Gasteiger charge is -2.26. The van der Waals surface area contributed by atoms with Gasteiger partial charge in [0.05, 0.1) is 29.4 Å². The third-order valence-electron chi connectivity index (χ3n) is 7.59. The van der Waals surface area contributed by atoms with Gasteiger partial charge in [0.15, 0.2) is 0 Å². The number of aromatic nitrogens is 5. The largest absolute Gasteiger partial charge is 0.416 e. The molecule has 6 rings (SSSR count). The highest BCUT2D eigenvalue weighted by Crippen LogP contribution is 2.47. The van der Waals surface area contributed by atoms with Crippen molar-refractivity contribution in [1.29, 1.82) is 0 Å². The fourth-order valence-electron chi connectivity index (χ4n) is 5.31. The summed E-state index contributed by atoms with van der Waals surface area (Å²) in [6, 6.07) is 9.53. The van der Waals surface area contributed by atoms with Crippen LogP contribution in [0.15, 0.2) is 48.7 Å². The molecule has 2 aromatic carbocycles. The van der Waals surface area contributed by atoms with Crippen molar-refractivity contribution < 1.29 is 26.3 Å². The van der Waals surface area contributed by atoms with Gasteiger partial charge in [-0.3, -0.25) is 4.98 Å². The summed E-state index contributed by atoms with van der Waals surface area (Å²) in [6.45, 7) is -0.245. The van der Waals surface area contributed by atoms with Crippen LogP contribution in [0.5, 0.6) is 0 Å². The van der Waals surface area contributed by atoms with Crippen LogP contribution in [-0.2, 0) is 32.5 Å². The number of hydrogen-bond donors (Lipinski definition) is 1. The maximum absolute atomic E-state index is 13.6. The molecule has 2 saturated carbocycles. The number of hydrogen-bond acceptors (Lipinski definition) is 6. The van der Waals surface area contributed by atoms with Crippen LogP contribution >= 0.6 is 0 Å². The number of nitrogens with zero attached hydrogens (tertiary/aromatic N) is 6. The number of pyridine rings is 1. The van der Waals surface area contributed by atoms with Crippen molar-refractivity contribution >= 4 is 22.5 Å². The minimum absolute atomic E-state index is 0.0681. The number of para-hydroxylation sites is 1. The molecule has 216 valence electrons. The van der Waals surface area contributed by atoms with E-state index in [1.54, 1.807) is 6.20 Å². The van der Waals surface area contributed by atoms with Crippen LogP contribution in [0, 0.1) is 11.8 Å². The summed E-state index contributed by atoms with van der Waals surface area (Å²) in [5, 5.41) is 16.7. The molecule has 4 aromatic rings. The Balaban J connectivity index is 1.40. The van der Waals surface area contributed by atoms with E-state index in [9.17, 15) is 26.3 Å². The number of aryl methyl sites for hydroxylation is 1. The first-order valence-electron chi connectivity index (χ1n) is 13.4. The molecule has 2 heterocycles.